The van der Waals surface area contributed by atoms with E-state index < -0.39 is 35.2 Å². The molecular formula is C19H19N5O4S2. The van der Waals surface area contributed by atoms with E-state index in [9.17, 15) is 19.5 Å². The molecule has 2 aromatic rings. The van der Waals surface area contributed by atoms with Crippen LogP contribution in [0.1, 0.15) is 18.5 Å². The maximum atomic E-state index is 12.7. The normalized spacial score (nSPS) is 22.2. The Morgan fingerprint density at radius 1 is 1.43 bits per heavy atom. The van der Waals surface area contributed by atoms with Gasteiger partial charge >= 0.3 is 5.97 Å². The molecule has 0 saturated carbocycles. The van der Waals surface area contributed by atoms with Crippen molar-refractivity contribution in [2.24, 2.45) is 5.73 Å². The van der Waals surface area contributed by atoms with Crippen molar-refractivity contribution in [3.63, 3.8) is 0 Å². The molecule has 1 aromatic carbocycles. The van der Waals surface area contributed by atoms with Gasteiger partial charge in [-0.3, -0.25) is 14.5 Å². The van der Waals surface area contributed by atoms with Gasteiger partial charge in [0.05, 0.1) is 10.2 Å². The number of aromatic nitrogens is 1. The molecular weight excluding hydrogens is 426 g/mol. The Hall–Kier alpha value is -2.89. The fraction of sp³-hybridized carbons (Fsp3) is 0.263. The molecule has 2 aliphatic heterocycles. The minimum Gasteiger partial charge on any atom is -0.477 e. The smallest absolute Gasteiger partial charge is 0.352 e. The van der Waals surface area contributed by atoms with Crippen molar-refractivity contribution in [2.75, 3.05) is 11.5 Å². The fourth-order valence-corrected chi connectivity index (χ4v) is 5.62. The first-order valence-electron chi connectivity index (χ1n) is 9.07. The third kappa shape index (κ3) is 3.34. The lowest BCUT2D eigenvalue weighted by molar-refractivity contribution is -0.150. The van der Waals surface area contributed by atoms with Gasteiger partial charge in [0.25, 0.3) is 5.91 Å². The van der Waals surface area contributed by atoms with Crippen LogP contribution in [0.15, 0.2) is 41.6 Å². The number of rotatable bonds is 5. The quantitative estimate of drug-likeness (QED) is 0.501. The molecule has 3 atom stereocenters. The number of hydrogen-bond acceptors (Lipinski definition) is 8. The van der Waals surface area contributed by atoms with E-state index in [1.807, 2.05) is 0 Å². The first kappa shape index (κ1) is 20.4. The lowest BCUT2D eigenvalue weighted by Gasteiger charge is -2.49. The summed E-state index contributed by atoms with van der Waals surface area (Å²) >= 11 is 2.70. The summed E-state index contributed by atoms with van der Waals surface area (Å²) in [5.41, 5.74) is 13.6. The van der Waals surface area contributed by atoms with Gasteiger partial charge in [-0.1, -0.05) is 29.6 Å². The van der Waals surface area contributed by atoms with Crippen LogP contribution in [0.2, 0.25) is 0 Å². The number of nitrogen functional groups attached to an aromatic ring is 1. The number of anilines is 1. The predicted molar refractivity (Wildman–Crippen MR) is 115 cm³/mol. The van der Waals surface area contributed by atoms with Gasteiger partial charge in [0.1, 0.15) is 23.2 Å². The zero-order valence-corrected chi connectivity index (χ0v) is 17.5. The summed E-state index contributed by atoms with van der Waals surface area (Å²) in [4.78, 5) is 42.4. The van der Waals surface area contributed by atoms with Crippen molar-refractivity contribution in [2.45, 2.75) is 24.4 Å². The van der Waals surface area contributed by atoms with Crippen molar-refractivity contribution in [3.05, 3.63) is 47.2 Å². The Morgan fingerprint density at radius 2 is 2.20 bits per heavy atom. The van der Waals surface area contributed by atoms with Crippen LogP contribution in [0, 0.1) is 0 Å². The maximum absolute atomic E-state index is 12.7. The van der Waals surface area contributed by atoms with Crippen LogP contribution >= 0.6 is 23.1 Å². The van der Waals surface area contributed by atoms with Gasteiger partial charge in [0.15, 0.2) is 5.13 Å². The number of amides is 2. The van der Waals surface area contributed by atoms with Crippen LogP contribution in [-0.2, 0) is 14.4 Å². The monoisotopic (exact) mass is 445 g/mol. The summed E-state index contributed by atoms with van der Waals surface area (Å²) in [5, 5.41) is 12.2. The van der Waals surface area contributed by atoms with Crippen molar-refractivity contribution in [1.82, 2.24) is 15.2 Å². The number of nitrogens with two attached hydrogens (primary N) is 2. The zero-order valence-electron chi connectivity index (χ0n) is 15.9. The highest BCUT2D eigenvalue weighted by Gasteiger charge is 2.54. The van der Waals surface area contributed by atoms with E-state index in [4.69, 9.17) is 11.5 Å². The molecule has 6 N–H and O–H groups in total. The molecule has 2 aliphatic rings. The molecule has 1 fully saturated rings. The number of β-lactam (4-membered cyclic amide) rings is 1. The second-order valence-electron chi connectivity index (χ2n) is 6.83. The van der Waals surface area contributed by atoms with E-state index in [0.717, 1.165) is 10.2 Å². The number of hydrogen-bond donors (Lipinski definition) is 4. The largest absolute Gasteiger partial charge is 0.477 e. The van der Waals surface area contributed by atoms with Crippen LogP contribution in [0.4, 0.5) is 5.13 Å². The topological polar surface area (TPSA) is 152 Å². The third-order valence-corrected chi connectivity index (χ3v) is 7.09. The number of nitrogens with one attached hydrogen (secondary N) is 1. The van der Waals surface area contributed by atoms with Gasteiger partial charge in [-0.15, -0.1) is 11.8 Å². The molecule has 0 spiro atoms. The van der Waals surface area contributed by atoms with Crippen molar-refractivity contribution < 1.29 is 19.5 Å². The second kappa shape index (κ2) is 7.74. The molecule has 0 radical (unpaired) electrons. The summed E-state index contributed by atoms with van der Waals surface area (Å²) in [6.07, 6.45) is 3.42. The predicted octanol–water partition coefficient (Wildman–Crippen LogP) is 1.19. The van der Waals surface area contributed by atoms with Crippen LogP contribution < -0.4 is 16.8 Å². The number of carboxylic acids is 1. The van der Waals surface area contributed by atoms with Gasteiger partial charge < -0.3 is 21.9 Å². The Balaban J connectivity index is 1.50. The summed E-state index contributed by atoms with van der Waals surface area (Å²) < 4.78 is 0.815. The van der Waals surface area contributed by atoms with Crippen LogP contribution in [0.5, 0.6) is 0 Å². The van der Waals surface area contributed by atoms with E-state index in [1.165, 1.54) is 28.0 Å². The summed E-state index contributed by atoms with van der Waals surface area (Å²) in [6, 6.07) is 3.39. The summed E-state index contributed by atoms with van der Waals surface area (Å²) in [6.45, 7) is 1.78. The van der Waals surface area contributed by atoms with Crippen molar-refractivity contribution in [3.8, 4) is 0 Å². The summed E-state index contributed by atoms with van der Waals surface area (Å²) in [7, 11) is 0. The molecule has 3 heterocycles. The number of aliphatic carboxylic acids is 1. The van der Waals surface area contributed by atoms with E-state index in [-0.39, 0.29) is 5.70 Å². The molecule has 1 saturated heterocycles. The van der Waals surface area contributed by atoms with Gasteiger partial charge in [-0.2, -0.15) is 0 Å². The number of nitrogens with zero attached hydrogens (tertiary/aromatic N) is 2. The molecule has 2 amide bonds. The van der Waals surface area contributed by atoms with Crippen molar-refractivity contribution >= 4 is 56.2 Å². The van der Waals surface area contributed by atoms with Crippen LogP contribution in [0.3, 0.4) is 0 Å². The molecule has 156 valence electrons. The second-order valence-corrected chi connectivity index (χ2v) is 9.00. The third-order valence-electron chi connectivity index (χ3n) is 4.94. The highest BCUT2D eigenvalue weighted by molar-refractivity contribution is 8.00. The van der Waals surface area contributed by atoms with Gasteiger partial charge in [-0.05, 0) is 30.2 Å². The van der Waals surface area contributed by atoms with Crippen molar-refractivity contribution in [1.29, 1.82) is 0 Å². The van der Waals surface area contributed by atoms with Gasteiger partial charge in [-0.25, -0.2) is 9.78 Å². The standard InChI is InChI=1S/C19H19N5O4S2/c1-2-3-9-7-29-17-13(16(26)24(17)14(9)18(27)28)23-15(25)12(20)8-4-5-10-11(6-8)30-19(21)22-10/h2-6,12-13,17H,7,20H2,1H3,(H2,21,22)(H,23,25)(H,27,28)/b3-2+. The number of allylic oxidation sites excluding steroid dienone is 2. The minimum absolute atomic E-state index is 0.0371. The molecule has 30 heavy (non-hydrogen) atoms. The van der Waals surface area contributed by atoms with E-state index in [0.29, 0.717) is 22.0 Å². The number of thiazole rings is 1. The number of fused-ring (bicyclic) bond motifs is 2. The Labute approximate surface area is 179 Å². The number of carbonyl (C=O) groups is 3. The number of carbonyl (C=O) groups excluding carboxylic acids is 2. The number of thioether (sulfide) groups is 1. The highest BCUT2D eigenvalue weighted by atomic mass is 32.2. The molecule has 11 heteroatoms. The average Bonchev–Trinajstić information content (AvgIpc) is 3.09. The van der Waals surface area contributed by atoms with E-state index >= 15 is 0 Å². The lowest BCUT2D eigenvalue weighted by atomic mass is 10.0. The first-order chi connectivity index (χ1) is 14.3. The number of carboxylic acid groups (broad SMARTS) is 1. The van der Waals surface area contributed by atoms with E-state index in [1.54, 1.807) is 37.3 Å². The fourth-order valence-electron chi connectivity index (χ4n) is 3.52. The molecule has 0 bridgehead atoms. The molecule has 3 unspecified atom stereocenters. The summed E-state index contributed by atoms with van der Waals surface area (Å²) in [5.74, 6) is -1.70. The Kier molecular flexibility index (Phi) is 5.26. The SMILES string of the molecule is C/C=C/C1=C(C(=O)O)N2C(=O)C(NC(=O)C(N)c3ccc4nc(N)sc4c3)C2SC1. The minimum atomic E-state index is -1.17. The zero-order chi connectivity index (χ0) is 21.6. The molecule has 4 rings (SSSR count). The van der Waals surface area contributed by atoms with Crippen LogP contribution in [-0.4, -0.2) is 49.9 Å². The van der Waals surface area contributed by atoms with E-state index in [2.05, 4.69) is 10.3 Å². The highest BCUT2D eigenvalue weighted by Crippen LogP contribution is 2.40. The Morgan fingerprint density at radius 3 is 2.90 bits per heavy atom. The van der Waals surface area contributed by atoms with Gasteiger partial charge in [0, 0.05) is 5.75 Å². The average molecular weight is 446 g/mol. The molecule has 0 aliphatic carbocycles. The maximum Gasteiger partial charge on any atom is 0.352 e. The lowest BCUT2D eigenvalue weighted by Crippen LogP contribution is -2.71. The first-order valence-corrected chi connectivity index (χ1v) is 10.9. The van der Waals surface area contributed by atoms with Crippen LogP contribution in [0.25, 0.3) is 10.2 Å². The number of benzene rings is 1. The van der Waals surface area contributed by atoms with Gasteiger partial charge in [0.2, 0.25) is 5.91 Å². The molecule has 9 nitrogen and oxygen atoms in total. The Bertz CT molecular complexity index is 1130. The molecule has 1 aromatic heterocycles.